The van der Waals surface area contributed by atoms with Gasteiger partial charge < -0.3 is 10.2 Å². The van der Waals surface area contributed by atoms with E-state index in [1.165, 1.54) is 17.0 Å². The Morgan fingerprint density at radius 1 is 1.03 bits per heavy atom. The van der Waals surface area contributed by atoms with Gasteiger partial charge in [-0.1, -0.05) is 62.7 Å². The van der Waals surface area contributed by atoms with Gasteiger partial charge in [-0.15, -0.1) is 0 Å². The molecule has 0 aromatic heterocycles. The van der Waals surface area contributed by atoms with Gasteiger partial charge in [0.1, 0.15) is 10.9 Å². The summed E-state index contributed by atoms with van der Waals surface area (Å²) in [5.74, 6) is -1.26. The maximum absolute atomic E-state index is 13.3. The standard InChI is InChI=1S/C25H31N3O5S/c1-3-5-16-26-24(30)21(4-2)27(18-19-11-7-6-8-12-19)23(29)15-17-28-25(31)20-13-9-10-14-22(20)34(28,32)33/h6-14,21H,3-5,15-18H2,1-2H3,(H,26,30). The van der Waals surface area contributed by atoms with E-state index < -0.39 is 22.0 Å². The number of amides is 3. The molecule has 0 saturated carbocycles. The van der Waals surface area contributed by atoms with Crippen molar-refractivity contribution in [3.63, 3.8) is 0 Å². The lowest BCUT2D eigenvalue weighted by Crippen LogP contribution is -2.49. The third kappa shape index (κ3) is 5.47. The number of nitrogens with one attached hydrogen (secondary N) is 1. The van der Waals surface area contributed by atoms with Crippen molar-refractivity contribution in [3.05, 3.63) is 65.7 Å². The molecular formula is C25H31N3O5S. The van der Waals surface area contributed by atoms with E-state index in [9.17, 15) is 22.8 Å². The van der Waals surface area contributed by atoms with Gasteiger partial charge in [0.25, 0.3) is 15.9 Å². The first-order valence-electron chi connectivity index (χ1n) is 11.6. The van der Waals surface area contributed by atoms with Crippen molar-refractivity contribution in [1.29, 1.82) is 0 Å². The van der Waals surface area contributed by atoms with Gasteiger partial charge in [0.2, 0.25) is 11.8 Å². The molecule has 0 fully saturated rings. The number of rotatable bonds is 11. The summed E-state index contributed by atoms with van der Waals surface area (Å²) in [6, 6.07) is 14.6. The molecule has 0 spiro atoms. The molecule has 3 rings (SSSR count). The molecule has 1 aliphatic heterocycles. The summed E-state index contributed by atoms with van der Waals surface area (Å²) < 4.78 is 26.4. The number of fused-ring (bicyclic) bond motifs is 1. The fourth-order valence-electron chi connectivity index (χ4n) is 4.00. The van der Waals surface area contributed by atoms with E-state index in [1.807, 2.05) is 44.2 Å². The molecule has 0 aliphatic carbocycles. The Balaban J connectivity index is 1.78. The first-order valence-corrected chi connectivity index (χ1v) is 13.0. The average molecular weight is 486 g/mol. The largest absolute Gasteiger partial charge is 0.354 e. The molecule has 2 aromatic rings. The van der Waals surface area contributed by atoms with Crippen molar-refractivity contribution >= 4 is 27.7 Å². The lowest BCUT2D eigenvalue weighted by atomic mass is 10.1. The van der Waals surface area contributed by atoms with E-state index >= 15 is 0 Å². The van der Waals surface area contributed by atoms with Gasteiger partial charge in [-0.05, 0) is 30.5 Å². The lowest BCUT2D eigenvalue weighted by Gasteiger charge is -2.31. The summed E-state index contributed by atoms with van der Waals surface area (Å²) in [5, 5.41) is 2.89. The molecule has 8 nitrogen and oxygen atoms in total. The Morgan fingerprint density at radius 2 is 1.71 bits per heavy atom. The zero-order chi connectivity index (χ0) is 24.7. The number of hydrogen-bond acceptors (Lipinski definition) is 5. The SMILES string of the molecule is CCCCNC(=O)C(CC)N(Cc1ccccc1)C(=O)CCN1C(=O)c2ccccc2S1(=O)=O. The van der Waals surface area contributed by atoms with Crippen LogP contribution in [0.25, 0.3) is 0 Å². The van der Waals surface area contributed by atoms with Crippen LogP contribution >= 0.6 is 0 Å². The Hall–Kier alpha value is -3.20. The number of carbonyl (C=O) groups excluding carboxylic acids is 3. The second kappa shape index (κ2) is 11.3. The van der Waals surface area contributed by atoms with E-state index in [1.54, 1.807) is 12.1 Å². The van der Waals surface area contributed by atoms with E-state index in [0.29, 0.717) is 13.0 Å². The highest BCUT2D eigenvalue weighted by Gasteiger charge is 2.41. The lowest BCUT2D eigenvalue weighted by molar-refractivity contribution is -0.141. The normalized spacial score (nSPS) is 15.0. The fourth-order valence-corrected chi connectivity index (χ4v) is 5.57. The molecule has 0 bridgehead atoms. The molecule has 1 heterocycles. The van der Waals surface area contributed by atoms with Gasteiger partial charge in [0.05, 0.1) is 5.56 Å². The van der Waals surface area contributed by atoms with Gasteiger partial charge >= 0.3 is 0 Å². The maximum Gasteiger partial charge on any atom is 0.269 e. The summed E-state index contributed by atoms with van der Waals surface area (Å²) in [4.78, 5) is 40.4. The predicted octanol–water partition coefficient (Wildman–Crippen LogP) is 2.94. The first kappa shape index (κ1) is 25.4. The minimum absolute atomic E-state index is 0.0460. The number of benzene rings is 2. The van der Waals surface area contributed by atoms with Crippen LogP contribution in [0.1, 0.15) is 55.5 Å². The van der Waals surface area contributed by atoms with Crippen LogP contribution in [0.3, 0.4) is 0 Å². The first-order chi connectivity index (χ1) is 16.3. The summed E-state index contributed by atoms with van der Waals surface area (Å²) >= 11 is 0. The molecule has 3 amide bonds. The number of unbranched alkanes of at least 4 members (excludes halogenated alkanes) is 1. The third-order valence-electron chi connectivity index (χ3n) is 5.85. The van der Waals surface area contributed by atoms with E-state index in [4.69, 9.17) is 0 Å². The average Bonchev–Trinajstić information content (AvgIpc) is 3.03. The number of carbonyl (C=O) groups is 3. The highest BCUT2D eigenvalue weighted by atomic mass is 32.2. The maximum atomic E-state index is 13.3. The molecule has 1 N–H and O–H groups in total. The molecule has 1 aliphatic rings. The van der Waals surface area contributed by atoms with Crippen LogP contribution in [-0.2, 0) is 26.2 Å². The van der Waals surface area contributed by atoms with E-state index in [0.717, 1.165) is 22.7 Å². The quantitative estimate of drug-likeness (QED) is 0.493. The molecule has 0 saturated heterocycles. The second-order valence-electron chi connectivity index (χ2n) is 8.20. The topological polar surface area (TPSA) is 104 Å². The van der Waals surface area contributed by atoms with E-state index in [-0.39, 0.29) is 41.8 Å². The molecule has 34 heavy (non-hydrogen) atoms. The number of hydrogen-bond donors (Lipinski definition) is 1. The minimum atomic E-state index is -4.00. The third-order valence-corrected chi connectivity index (χ3v) is 7.69. The molecule has 1 unspecified atom stereocenters. The van der Waals surface area contributed by atoms with Gasteiger partial charge in [0.15, 0.2) is 0 Å². The zero-order valence-corrected chi connectivity index (χ0v) is 20.4. The Morgan fingerprint density at radius 3 is 2.35 bits per heavy atom. The number of sulfonamides is 1. The molecule has 182 valence electrons. The zero-order valence-electron chi connectivity index (χ0n) is 19.6. The Bertz CT molecular complexity index is 1130. The van der Waals surface area contributed by atoms with Crippen LogP contribution < -0.4 is 5.32 Å². The highest BCUT2D eigenvalue weighted by Crippen LogP contribution is 2.30. The molecular weight excluding hydrogens is 454 g/mol. The summed E-state index contributed by atoms with van der Waals surface area (Å²) in [6.45, 7) is 4.31. The molecule has 2 aromatic carbocycles. The van der Waals surface area contributed by atoms with Crippen molar-refractivity contribution in [2.24, 2.45) is 0 Å². The van der Waals surface area contributed by atoms with Crippen molar-refractivity contribution in [1.82, 2.24) is 14.5 Å². The summed E-state index contributed by atoms with van der Waals surface area (Å²) in [7, 11) is -4.00. The van der Waals surface area contributed by atoms with Crippen LogP contribution in [0.5, 0.6) is 0 Å². The summed E-state index contributed by atoms with van der Waals surface area (Å²) in [6.07, 6.45) is 1.96. The van der Waals surface area contributed by atoms with Gasteiger partial charge in [-0.25, -0.2) is 12.7 Å². The fraction of sp³-hybridized carbons (Fsp3) is 0.400. The van der Waals surface area contributed by atoms with Crippen molar-refractivity contribution in [2.75, 3.05) is 13.1 Å². The van der Waals surface area contributed by atoms with Crippen LogP contribution in [0.4, 0.5) is 0 Å². The number of nitrogens with zero attached hydrogens (tertiary/aromatic N) is 2. The minimum Gasteiger partial charge on any atom is -0.354 e. The Kier molecular flexibility index (Phi) is 8.44. The van der Waals surface area contributed by atoms with Crippen LogP contribution in [-0.4, -0.2) is 54.5 Å². The predicted molar refractivity (Wildman–Crippen MR) is 128 cm³/mol. The van der Waals surface area contributed by atoms with Crippen LogP contribution in [0, 0.1) is 0 Å². The summed E-state index contributed by atoms with van der Waals surface area (Å²) in [5.41, 5.74) is 0.964. The van der Waals surface area contributed by atoms with Gasteiger partial charge in [0, 0.05) is 26.1 Å². The van der Waals surface area contributed by atoms with Crippen molar-refractivity contribution in [3.8, 4) is 0 Å². The monoisotopic (exact) mass is 485 g/mol. The molecule has 1 atom stereocenters. The van der Waals surface area contributed by atoms with Gasteiger partial charge in [-0.3, -0.25) is 14.4 Å². The smallest absolute Gasteiger partial charge is 0.269 e. The van der Waals surface area contributed by atoms with E-state index in [2.05, 4.69) is 5.32 Å². The van der Waals surface area contributed by atoms with Gasteiger partial charge in [-0.2, -0.15) is 0 Å². The second-order valence-corrected chi connectivity index (χ2v) is 10.0. The highest BCUT2D eigenvalue weighted by molar-refractivity contribution is 7.90. The van der Waals surface area contributed by atoms with Crippen molar-refractivity contribution < 1.29 is 22.8 Å². The van der Waals surface area contributed by atoms with Crippen LogP contribution in [0.2, 0.25) is 0 Å². The van der Waals surface area contributed by atoms with Crippen molar-refractivity contribution in [2.45, 2.75) is 57.0 Å². The molecule has 9 heteroatoms. The van der Waals surface area contributed by atoms with Crippen LogP contribution in [0.15, 0.2) is 59.5 Å². The Labute approximate surface area is 201 Å². The molecule has 0 radical (unpaired) electrons.